The van der Waals surface area contributed by atoms with Crippen LogP contribution in [0.2, 0.25) is 5.02 Å². The first-order valence-electron chi connectivity index (χ1n) is 6.00. The number of hydrogen-bond donors (Lipinski definition) is 1. The first-order chi connectivity index (χ1) is 9.01. The first-order valence-corrected chi connectivity index (χ1v) is 6.38. The standard InChI is InChI=1S/C13H16ClN3O2/c1-9(8-18)16(2)7-11-5-13(19)17-6-10(14)3-4-12(17)15-11/h3-6,9,18H,7-8H2,1-2H3. The van der Waals surface area contributed by atoms with E-state index in [4.69, 9.17) is 16.7 Å². The lowest BCUT2D eigenvalue weighted by Gasteiger charge is -2.22. The van der Waals surface area contributed by atoms with Gasteiger partial charge in [-0.05, 0) is 26.1 Å². The predicted octanol–water partition coefficient (Wildman–Crippen LogP) is 1.16. The van der Waals surface area contributed by atoms with Gasteiger partial charge in [0.2, 0.25) is 0 Å². The topological polar surface area (TPSA) is 57.8 Å². The number of rotatable bonds is 4. The van der Waals surface area contributed by atoms with E-state index in [0.717, 1.165) is 0 Å². The Morgan fingerprint density at radius 3 is 2.95 bits per heavy atom. The highest BCUT2D eigenvalue weighted by atomic mass is 35.5. The fraction of sp³-hybridized carbons (Fsp3) is 0.385. The maximum absolute atomic E-state index is 12.0. The molecule has 5 nitrogen and oxygen atoms in total. The number of aromatic nitrogens is 2. The van der Waals surface area contributed by atoms with E-state index in [9.17, 15) is 4.79 Å². The van der Waals surface area contributed by atoms with Crippen molar-refractivity contribution in [1.29, 1.82) is 0 Å². The highest BCUT2D eigenvalue weighted by molar-refractivity contribution is 6.30. The number of halogens is 1. The van der Waals surface area contributed by atoms with E-state index in [-0.39, 0.29) is 18.2 Å². The van der Waals surface area contributed by atoms with Crippen molar-refractivity contribution < 1.29 is 5.11 Å². The third-order valence-electron chi connectivity index (χ3n) is 3.10. The Labute approximate surface area is 116 Å². The number of likely N-dealkylation sites (N-methyl/N-ethyl adjacent to an activating group) is 1. The molecule has 0 aliphatic carbocycles. The van der Waals surface area contributed by atoms with Crippen LogP contribution in [0.4, 0.5) is 0 Å². The van der Waals surface area contributed by atoms with E-state index in [0.29, 0.717) is 22.9 Å². The number of aliphatic hydroxyl groups is 1. The van der Waals surface area contributed by atoms with Crippen molar-refractivity contribution in [3.63, 3.8) is 0 Å². The Morgan fingerprint density at radius 1 is 1.53 bits per heavy atom. The summed E-state index contributed by atoms with van der Waals surface area (Å²) in [4.78, 5) is 18.3. The van der Waals surface area contributed by atoms with Gasteiger partial charge in [0, 0.05) is 24.8 Å². The third kappa shape index (κ3) is 3.12. The lowest BCUT2D eigenvalue weighted by molar-refractivity contribution is 0.153. The van der Waals surface area contributed by atoms with Crippen LogP contribution in [0.25, 0.3) is 5.65 Å². The summed E-state index contributed by atoms with van der Waals surface area (Å²) < 4.78 is 1.42. The minimum Gasteiger partial charge on any atom is -0.395 e. The SMILES string of the molecule is CC(CO)N(C)Cc1cc(=O)n2cc(Cl)ccc2n1. The third-order valence-corrected chi connectivity index (χ3v) is 3.33. The molecule has 2 rings (SSSR count). The molecule has 0 amide bonds. The molecule has 0 aromatic carbocycles. The second-order valence-electron chi connectivity index (χ2n) is 4.61. The van der Waals surface area contributed by atoms with Crippen molar-refractivity contribution in [2.75, 3.05) is 13.7 Å². The predicted molar refractivity (Wildman–Crippen MR) is 74.5 cm³/mol. The molecule has 0 radical (unpaired) electrons. The molecule has 1 N–H and O–H groups in total. The van der Waals surface area contributed by atoms with Crippen LogP contribution in [0.15, 0.2) is 29.2 Å². The smallest absolute Gasteiger partial charge is 0.258 e. The molecule has 0 aliphatic heterocycles. The van der Waals surface area contributed by atoms with Gasteiger partial charge in [-0.25, -0.2) is 4.98 Å². The fourth-order valence-corrected chi connectivity index (χ4v) is 1.92. The zero-order valence-electron chi connectivity index (χ0n) is 10.9. The Balaban J connectivity index is 2.36. The van der Waals surface area contributed by atoms with Crippen LogP contribution in [0.1, 0.15) is 12.6 Å². The van der Waals surface area contributed by atoms with Crippen LogP contribution >= 0.6 is 11.6 Å². The van der Waals surface area contributed by atoms with Crippen LogP contribution in [-0.4, -0.2) is 39.1 Å². The molecule has 2 heterocycles. The molecule has 0 bridgehead atoms. The molecule has 19 heavy (non-hydrogen) atoms. The fourth-order valence-electron chi connectivity index (χ4n) is 1.76. The van der Waals surface area contributed by atoms with Gasteiger partial charge in [-0.15, -0.1) is 0 Å². The van der Waals surface area contributed by atoms with Crippen LogP contribution in [-0.2, 0) is 6.54 Å². The van der Waals surface area contributed by atoms with E-state index in [2.05, 4.69) is 4.98 Å². The molecular formula is C13H16ClN3O2. The van der Waals surface area contributed by atoms with E-state index in [1.807, 2.05) is 18.9 Å². The van der Waals surface area contributed by atoms with Gasteiger partial charge < -0.3 is 5.11 Å². The second-order valence-corrected chi connectivity index (χ2v) is 5.04. The highest BCUT2D eigenvalue weighted by Crippen LogP contribution is 2.09. The maximum Gasteiger partial charge on any atom is 0.258 e. The maximum atomic E-state index is 12.0. The molecule has 0 saturated carbocycles. The molecule has 0 fully saturated rings. The minimum absolute atomic E-state index is 0.0190. The van der Waals surface area contributed by atoms with Crippen molar-refractivity contribution in [3.8, 4) is 0 Å². The van der Waals surface area contributed by atoms with E-state index in [1.165, 1.54) is 10.5 Å². The number of pyridine rings is 1. The summed E-state index contributed by atoms with van der Waals surface area (Å²) in [7, 11) is 1.88. The van der Waals surface area contributed by atoms with Gasteiger partial charge in [-0.1, -0.05) is 11.6 Å². The first kappa shape index (κ1) is 14.0. The molecule has 0 aliphatic rings. The summed E-state index contributed by atoms with van der Waals surface area (Å²) in [6.07, 6.45) is 1.55. The summed E-state index contributed by atoms with van der Waals surface area (Å²) in [5, 5.41) is 9.59. The Bertz CT molecular complexity index is 641. The van der Waals surface area contributed by atoms with Gasteiger partial charge in [0.15, 0.2) is 0 Å². The second kappa shape index (κ2) is 5.69. The van der Waals surface area contributed by atoms with Gasteiger partial charge in [0.1, 0.15) is 5.65 Å². The number of fused-ring (bicyclic) bond motifs is 1. The normalized spacial score (nSPS) is 13.1. The van der Waals surface area contributed by atoms with Gasteiger partial charge in [0.05, 0.1) is 17.3 Å². The lowest BCUT2D eigenvalue weighted by Crippen LogP contribution is -2.32. The van der Waals surface area contributed by atoms with Crippen molar-refractivity contribution in [1.82, 2.24) is 14.3 Å². The van der Waals surface area contributed by atoms with E-state index >= 15 is 0 Å². The molecule has 1 atom stereocenters. The average molecular weight is 282 g/mol. The van der Waals surface area contributed by atoms with Crippen LogP contribution in [0.5, 0.6) is 0 Å². The summed E-state index contributed by atoms with van der Waals surface area (Å²) in [6, 6.07) is 4.92. The van der Waals surface area contributed by atoms with Gasteiger partial charge >= 0.3 is 0 Å². The molecule has 2 aromatic rings. The van der Waals surface area contributed by atoms with E-state index < -0.39 is 0 Å². The van der Waals surface area contributed by atoms with Crippen LogP contribution in [0.3, 0.4) is 0 Å². The molecule has 0 saturated heterocycles. The molecule has 1 unspecified atom stereocenters. The largest absolute Gasteiger partial charge is 0.395 e. The molecule has 2 aromatic heterocycles. The van der Waals surface area contributed by atoms with Crippen molar-refractivity contribution >= 4 is 17.2 Å². The molecule has 102 valence electrons. The quantitative estimate of drug-likeness (QED) is 0.914. The molecular weight excluding hydrogens is 266 g/mol. The minimum atomic E-state index is -0.160. The zero-order chi connectivity index (χ0) is 14.0. The van der Waals surface area contributed by atoms with Crippen molar-refractivity contribution in [2.24, 2.45) is 0 Å². The van der Waals surface area contributed by atoms with Crippen LogP contribution < -0.4 is 5.56 Å². The Morgan fingerprint density at radius 2 is 2.26 bits per heavy atom. The monoisotopic (exact) mass is 281 g/mol. The lowest BCUT2D eigenvalue weighted by atomic mass is 10.3. The highest BCUT2D eigenvalue weighted by Gasteiger charge is 2.10. The molecule has 6 heteroatoms. The van der Waals surface area contributed by atoms with Crippen LogP contribution in [0, 0.1) is 0 Å². The van der Waals surface area contributed by atoms with E-state index in [1.54, 1.807) is 18.3 Å². The average Bonchev–Trinajstić information content (AvgIpc) is 2.38. The Hall–Kier alpha value is -1.43. The van der Waals surface area contributed by atoms with Gasteiger partial charge in [0.25, 0.3) is 5.56 Å². The van der Waals surface area contributed by atoms with Gasteiger partial charge in [-0.3, -0.25) is 14.1 Å². The molecule has 0 spiro atoms. The van der Waals surface area contributed by atoms with Crippen molar-refractivity contribution in [3.05, 3.63) is 45.5 Å². The van der Waals surface area contributed by atoms with Crippen molar-refractivity contribution in [2.45, 2.75) is 19.5 Å². The number of aliphatic hydroxyl groups excluding tert-OH is 1. The summed E-state index contributed by atoms with van der Waals surface area (Å²) in [6.45, 7) is 2.49. The van der Waals surface area contributed by atoms with Gasteiger partial charge in [-0.2, -0.15) is 0 Å². The summed E-state index contributed by atoms with van der Waals surface area (Å²) in [5.74, 6) is 0. The Kier molecular flexibility index (Phi) is 4.19. The summed E-state index contributed by atoms with van der Waals surface area (Å²) in [5.41, 5.74) is 1.08. The number of nitrogens with zero attached hydrogens (tertiary/aromatic N) is 3. The number of hydrogen-bond acceptors (Lipinski definition) is 4. The zero-order valence-corrected chi connectivity index (χ0v) is 11.6. The summed E-state index contributed by atoms with van der Waals surface area (Å²) >= 11 is 5.85.